The van der Waals surface area contributed by atoms with Crippen LogP contribution in [0.4, 0.5) is 0 Å². The Labute approximate surface area is 296 Å². The van der Waals surface area contributed by atoms with Gasteiger partial charge < -0.3 is 19.3 Å². The van der Waals surface area contributed by atoms with E-state index in [1.807, 2.05) is 50.2 Å². The Kier molecular flexibility index (Phi) is 12.2. The standard InChI is InChI=1S/C35H35ClN2O10S2/c1-6-13-46-32-12-8-11-30(23(32)3)29-10-7-9-26(22(29)2)21-48-34-16-33(47-20-25-14-28(18-37-17-25)49(5,41)42)27(15-31(34)36)19-38(50(43,44)45)24(4)35(39)40/h1,7-12,14-18,24H,13,19-21H2,2-5H3,(H,39,40)(H,43,44,45)/t24-/m1/s1. The number of aromatic nitrogens is 1. The van der Waals surface area contributed by atoms with Crippen LogP contribution in [0.3, 0.4) is 0 Å². The van der Waals surface area contributed by atoms with Crippen LogP contribution >= 0.6 is 11.6 Å². The van der Waals surface area contributed by atoms with Crippen LogP contribution in [0.2, 0.25) is 5.02 Å². The summed E-state index contributed by atoms with van der Waals surface area (Å²) >= 11 is 6.61. The quantitative estimate of drug-likeness (QED) is 0.114. The summed E-state index contributed by atoms with van der Waals surface area (Å²) in [5.41, 5.74) is 5.04. The van der Waals surface area contributed by atoms with Gasteiger partial charge in [-0.3, -0.25) is 14.3 Å². The minimum absolute atomic E-state index is 0.0327. The summed E-state index contributed by atoms with van der Waals surface area (Å²) in [6.07, 6.45) is 8.99. The van der Waals surface area contributed by atoms with Crippen molar-refractivity contribution in [1.82, 2.24) is 9.29 Å². The Balaban J connectivity index is 1.69. The van der Waals surface area contributed by atoms with Crippen LogP contribution in [0.5, 0.6) is 17.2 Å². The number of aliphatic carboxylic acids is 1. The highest BCUT2D eigenvalue weighted by molar-refractivity contribution is 7.90. The number of rotatable bonds is 15. The zero-order valence-corrected chi connectivity index (χ0v) is 30.0. The van der Waals surface area contributed by atoms with Crippen molar-refractivity contribution in [2.45, 2.75) is 51.5 Å². The summed E-state index contributed by atoms with van der Waals surface area (Å²) in [4.78, 5) is 15.6. The maximum atomic E-state index is 12.2. The first-order valence-electron chi connectivity index (χ1n) is 14.9. The van der Waals surface area contributed by atoms with Crippen molar-refractivity contribution in [2.24, 2.45) is 0 Å². The Hall–Kier alpha value is -4.65. The molecule has 0 saturated heterocycles. The summed E-state index contributed by atoms with van der Waals surface area (Å²) in [5.74, 6) is 1.83. The highest BCUT2D eigenvalue weighted by Gasteiger charge is 2.31. The molecular weight excluding hydrogens is 708 g/mol. The van der Waals surface area contributed by atoms with Gasteiger partial charge in [-0.15, -0.1) is 6.42 Å². The SMILES string of the molecule is C#CCOc1cccc(-c2cccc(COc3cc(OCc4cncc(S(C)(=O)=O)c4)c(CN([C@H](C)C(=O)O)S(=O)(=O)O)cc3Cl)c2C)c1C. The van der Waals surface area contributed by atoms with E-state index in [2.05, 4.69) is 10.9 Å². The molecule has 264 valence electrons. The predicted molar refractivity (Wildman–Crippen MR) is 187 cm³/mol. The Bertz CT molecular complexity index is 2170. The molecule has 1 heterocycles. The molecular formula is C35H35ClN2O10S2. The van der Waals surface area contributed by atoms with Crippen LogP contribution in [0.15, 0.2) is 71.9 Å². The van der Waals surface area contributed by atoms with E-state index in [0.29, 0.717) is 15.6 Å². The van der Waals surface area contributed by atoms with Gasteiger partial charge in [0.15, 0.2) is 9.84 Å². The van der Waals surface area contributed by atoms with Gasteiger partial charge in [0.2, 0.25) is 0 Å². The van der Waals surface area contributed by atoms with Crippen LogP contribution in [-0.2, 0) is 44.7 Å². The number of sulfone groups is 1. The summed E-state index contributed by atoms with van der Waals surface area (Å²) in [5, 5.41) is 9.55. The second kappa shape index (κ2) is 15.9. The molecule has 0 aliphatic heterocycles. The first-order chi connectivity index (χ1) is 23.5. The topological polar surface area (TPSA) is 170 Å². The van der Waals surface area contributed by atoms with E-state index < -0.39 is 38.7 Å². The zero-order valence-electron chi connectivity index (χ0n) is 27.6. The number of carboxylic acids is 1. The number of hydrogen-bond acceptors (Lipinski definition) is 9. The monoisotopic (exact) mass is 742 g/mol. The third-order valence-electron chi connectivity index (χ3n) is 7.83. The molecule has 12 nitrogen and oxygen atoms in total. The lowest BCUT2D eigenvalue weighted by atomic mass is 9.93. The number of carbonyl (C=O) groups is 1. The minimum atomic E-state index is -5.00. The molecule has 4 rings (SSSR count). The average Bonchev–Trinajstić information content (AvgIpc) is 3.05. The van der Waals surface area contributed by atoms with Gasteiger partial charge in [0.25, 0.3) is 0 Å². The lowest BCUT2D eigenvalue weighted by molar-refractivity contribution is -0.141. The molecule has 0 aliphatic carbocycles. The molecule has 0 fully saturated rings. The summed E-state index contributed by atoms with van der Waals surface area (Å²) in [7, 11) is -8.57. The van der Waals surface area contributed by atoms with Gasteiger partial charge >= 0.3 is 16.3 Å². The van der Waals surface area contributed by atoms with E-state index in [1.54, 1.807) is 0 Å². The number of pyridine rings is 1. The normalized spacial score (nSPS) is 12.3. The van der Waals surface area contributed by atoms with Gasteiger partial charge in [-0.1, -0.05) is 47.9 Å². The van der Waals surface area contributed by atoms with Crippen molar-refractivity contribution in [3.8, 4) is 40.7 Å². The number of halogens is 1. The van der Waals surface area contributed by atoms with Gasteiger partial charge in [-0.25, -0.2) is 8.42 Å². The number of carboxylic acid groups (broad SMARTS) is 1. The smallest absolute Gasteiger partial charge is 0.337 e. The summed E-state index contributed by atoms with van der Waals surface area (Å²) < 4.78 is 76.6. The van der Waals surface area contributed by atoms with Gasteiger partial charge in [-0.05, 0) is 66.8 Å². The van der Waals surface area contributed by atoms with Crippen molar-refractivity contribution in [2.75, 3.05) is 12.9 Å². The lowest BCUT2D eigenvalue weighted by Crippen LogP contribution is -2.42. The van der Waals surface area contributed by atoms with Crippen molar-refractivity contribution < 1.29 is 45.5 Å². The first-order valence-corrected chi connectivity index (χ1v) is 18.6. The van der Waals surface area contributed by atoms with E-state index >= 15 is 0 Å². The molecule has 0 saturated carbocycles. The number of benzene rings is 3. The highest BCUT2D eigenvalue weighted by Crippen LogP contribution is 2.37. The second-order valence-corrected chi connectivity index (χ2v) is 15.1. The number of nitrogens with zero attached hydrogens (tertiary/aromatic N) is 2. The van der Waals surface area contributed by atoms with E-state index in [-0.39, 0.29) is 46.8 Å². The molecule has 0 radical (unpaired) electrons. The Morgan fingerprint density at radius 3 is 2.22 bits per heavy atom. The molecule has 2 N–H and O–H groups in total. The van der Waals surface area contributed by atoms with E-state index in [1.165, 1.54) is 30.6 Å². The van der Waals surface area contributed by atoms with Crippen LogP contribution in [0.1, 0.15) is 34.7 Å². The number of terminal acetylenes is 1. The second-order valence-electron chi connectivity index (χ2n) is 11.3. The molecule has 0 aliphatic rings. The minimum Gasteiger partial charge on any atom is -0.488 e. The molecule has 15 heteroatoms. The van der Waals surface area contributed by atoms with Crippen molar-refractivity contribution in [3.05, 3.63) is 99.8 Å². The molecule has 0 bridgehead atoms. The zero-order chi connectivity index (χ0) is 36.8. The molecule has 3 aromatic carbocycles. The van der Waals surface area contributed by atoms with Crippen LogP contribution < -0.4 is 14.2 Å². The van der Waals surface area contributed by atoms with Gasteiger partial charge in [0.1, 0.15) is 43.1 Å². The van der Waals surface area contributed by atoms with Crippen molar-refractivity contribution in [1.29, 1.82) is 0 Å². The molecule has 0 amide bonds. The van der Waals surface area contributed by atoms with Crippen molar-refractivity contribution in [3.63, 3.8) is 0 Å². The van der Waals surface area contributed by atoms with Crippen LogP contribution in [0.25, 0.3) is 11.1 Å². The maximum Gasteiger partial charge on any atom is 0.337 e. The maximum absolute atomic E-state index is 12.2. The molecule has 50 heavy (non-hydrogen) atoms. The van der Waals surface area contributed by atoms with Crippen LogP contribution in [0, 0.1) is 26.2 Å². The van der Waals surface area contributed by atoms with Crippen LogP contribution in [-0.4, -0.2) is 60.7 Å². The summed E-state index contributed by atoms with van der Waals surface area (Å²) in [6, 6.07) is 14.0. The van der Waals surface area contributed by atoms with E-state index in [4.69, 9.17) is 32.2 Å². The first kappa shape index (κ1) is 38.2. The Morgan fingerprint density at radius 2 is 1.58 bits per heavy atom. The molecule has 1 aromatic heterocycles. The third kappa shape index (κ3) is 9.32. The fourth-order valence-electron chi connectivity index (χ4n) is 5.03. The summed E-state index contributed by atoms with van der Waals surface area (Å²) in [6.45, 7) is 4.35. The number of hydrogen-bond donors (Lipinski definition) is 2. The van der Waals surface area contributed by atoms with Gasteiger partial charge in [0.05, 0.1) is 9.92 Å². The van der Waals surface area contributed by atoms with Gasteiger partial charge in [0, 0.05) is 42.4 Å². The molecule has 0 spiro atoms. The van der Waals surface area contributed by atoms with Crippen molar-refractivity contribution >= 4 is 37.7 Å². The third-order valence-corrected chi connectivity index (χ3v) is 10.2. The molecule has 1 atom stereocenters. The van der Waals surface area contributed by atoms with E-state index in [9.17, 15) is 31.3 Å². The fourth-order valence-corrected chi connectivity index (χ4v) is 6.68. The predicted octanol–water partition coefficient (Wildman–Crippen LogP) is 5.67. The Morgan fingerprint density at radius 1 is 0.920 bits per heavy atom. The lowest BCUT2D eigenvalue weighted by Gasteiger charge is -2.24. The number of ether oxygens (including phenoxy) is 3. The average molecular weight is 743 g/mol. The highest BCUT2D eigenvalue weighted by atomic mass is 35.5. The largest absolute Gasteiger partial charge is 0.488 e. The molecule has 4 aromatic rings. The molecule has 0 unspecified atom stereocenters. The van der Waals surface area contributed by atoms with Gasteiger partial charge in [-0.2, -0.15) is 12.7 Å². The fraction of sp³-hybridized carbons (Fsp3) is 0.257. The van der Waals surface area contributed by atoms with E-state index in [0.717, 1.165) is 41.0 Å².